The molecule has 2 rings (SSSR count). The number of nitrogens with zero attached hydrogens (tertiary/aromatic N) is 1. The highest BCUT2D eigenvalue weighted by Gasteiger charge is 2.08. The second-order valence-electron chi connectivity index (χ2n) is 4.71. The summed E-state index contributed by atoms with van der Waals surface area (Å²) in [7, 11) is 3.07. The van der Waals surface area contributed by atoms with Crippen LogP contribution < -0.4 is 14.9 Å². The van der Waals surface area contributed by atoms with Crippen LogP contribution >= 0.6 is 0 Å². The quantitative estimate of drug-likeness (QED) is 0.682. The number of hydrazone groups is 1. The summed E-state index contributed by atoms with van der Waals surface area (Å²) in [5.41, 5.74) is 4.96. The molecule has 0 bridgehead atoms. The standard InChI is InChI=1S/C17H18N2O3/c1-12-5-4-6-13(7-12)11-18-19-17(20)14-8-15(21-2)10-16(9-14)22-3/h4-11H,1-3H3,(H,19,20)/b18-11-. The number of hydrogen-bond donors (Lipinski definition) is 1. The second-order valence-corrected chi connectivity index (χ2v) is 4.71. The van der Waals surface area contributed by atoms with Crippen molar-refractivity contribution in [1.29, 1.82) is 0 Å². The minimum Gasteiger partial charge on any atom is -0.497 e. The Labute approximate surface area is 129 Å². The first-order valence-electron chi connectivity index (χ1n) is 6.75. The van der Waals surface area contributed by atoms with E-state index in [4.69, 9.17) is 9.47 Å². The first-order chi connectivity index (χ1) is 10.6. The van der Waals surface area contributed by atoms with E-state index < -0.39 is 0 Å². The number of rotatable bonds is 5. The maximum Gasteiger partial charge on any atom is 0.271 e. The lowest BCUT2D eigenvalue weighted by Crippen LogP contribution is -2.17. The topological polar surface area (TPSA) is 59.9 Å². The number of nitrogens with one attached hydrogen (secondary N) is 1. The van der Waals surface area contributed by atoms with E-state index in [0.29, 0.717) is 17.1 Å². The molecule has 0 aliphatic heterocycles. The third-order valence-corrected chi connectivity index (χ3v) is 3.04. The van der Waals surface area contributed by atoms with E-state index in [1.165, 1.54) is 14.2 Å². The SMILES string of the molecule is COc1cc(OC)cc(C(=O)N/N=C\c2cccc(C)c2)c1. The Morgan fingerprint density at radius 3 is 2.36 bits per heavy atom. The van der Waals surface area contributed by atoms with Crippen LogP contribution in [0.2, 0.25) is 0 Å². The number of amides is 1. The van der Waals surface area contributed by atoms with Gasteiger partial charge in [0, 0.05) is 11.6 Å². The van der Waals surface area contributed by atoms with Crippen LogP contribution in [0.15, 0.2) is 47.6 Å². The molecule has 5 heteroatoms. The van der Waals surface area contributed by atoms with Crippen LogP contribution in [0.1, 0.15) is 21.5 Å². The maximum atomic E-state index is 12.1. The first-order valence-corrected chi connectivity index (χ1v) is 6.75. The fourth-order valence-electron chi connectivity index (χ4n) is 1.92. The minimum absolute atomic E-state index is 0.332. The van der Waals surface area contributed by atoms with E-state index in [1.807, 2.05) is 31.2 Å². The van der Waals surface area contributed by atoms with Gasteiger partial charge in [0.25, 0.3) is 5.91 Å². The number of ether oxygens (including phenoxy) is 2. The molecule has 0 aliphatic rings. The monoisotopic (exact) mass is 298 g/mol. The van der Waals surface area contributed by atoms with Crippen LogP contribution in [0.4, 0.5) is 0 Å². The highest BCUT2D eigenvalue weighted by Crippen LogP contribution is 2.22. The molecule has 114 valence electrons. The minimum atomic E-state index is -0.332. The molecule has 0 spiro atoms. The fraction of sp³-hybridized carbons (Fsp3) is 0.176. The number of carbonyl (C=O) groups excluding carboxylic acids is 1. The van der Waals surface area contributed by atoms with Crippen molar-refractivity contribution in [3.05, 3.63) is 59.2 Å². The molecule has 0 fully saturated rings. The molecule has 0 saturated carbocycles. The van der Waals surface area contributed by atoms with Crippen LogP contribution in [0.25, 0.3) is 0 Å². The van der Waals surface area contributed by atoms with E-state index in [1.54, 1.807) is 24.4 Å². The van der Waals surface area contributed by atoms with Gasteiger partial charge in [-0.3, -0.25) is 4.79 Å². The smallest absolute Gasteiger partial charge is 0.271 e. The Kier molecular flexibility index (Phi) is 5.14. The van der Waals surface area contributed by atoms with Crippen molar-refractivity contribution in [3.63, 3.8) is 0 Å². The van der Waals surface area contributed by atoms with E-state index in [-0.39, 0.29) is 5.91 Å². The van der Waals surface area contributed by atoms with E-state index in [0.717, 1.165) is 11.1 Å². The zero-order chi connectivity index (χ0) is 15.9. The van der Waals surface area contributed by atoms with Crippen molar-refractivity contribution in [2.75, 3.05) is 14.2 Å². The van der Waals surface area contributed by atoms with Gasteiger partial charge < -0.3 is 9.47 Å². The third-order valence-electron chi connectivity index (χ3n) is 3.04. The average molecular weight is 298 g/mol. The summed E-state index contributed by atoms with van der Waals surface area (Å²) < 4.78 is 10.3. The van der Waals surface area contributed by atoms with E-state index in [2.05, 4.69) is 10.5 Å². The zero-order valence-corrected chi connectivity index (χ0v) is 12.8. The Hall–Kier alpha value is -2.82. The summed E-state index contributed by atoms with van der Waals surface area (Å²) in [4.78, 5) is 12.1. The molecule has 5 nitrogen and oxygen atoms in total. The van der Waals surface area contributed by atoms with Gasteiger partial charge in [0.05, 0.1) is 20.4 Å². The van der Waals surface area contributed by atoms with Crippen LogP contribution in [0.3, 0.4) is 0 Å². The van der Waals surface area contributed by atoms with Crippen LogP contribution in [0.5, 0.6) is 11.5 Å². The molecule has 0 unspecified atom stereocenters. The lowest BCUT2D eigenvalue weighted by molar-refractivity contribution is 0.0954. The van der Waals surface area contributed by atoms with E-state index in [9.17, 15) is 4.79 Å². The van der Waals surface area contributed by atoms with Gasteiger partial charge in [-0.2, -0.15) is 5.10 Å². The lowest BCUT2D eigenvalue weighted by atomic mass is 10.2. The molecule has 2 aromatic rings. The van der Waals surface area contributed by atoms with Gasteiger partial charge in [-0.05, 0) is 24.6 Å². The molecule has 22 heavy (non-hydrogen) atoms. The summed E-state index contributed by atoms with van der Waals surface area (Å²) in [5, 5.41) is 3.96. The van der Waals surface area contributed by atoms with Gasteiger partial charge >= 0.3 is 0 Å². The fourth-order valence-corrected chi connectivity index (χ4v) is 1.92. The number of aryl methyl sites for hydroxylation is 1. The van der Waals surface area contributed by atoms with Crippen molar-refractivity contribution in [2.45, 2.75) is 6.92 Å². The molecule has 0 saturated heterocycles. The molecule has 0 aliphatic carbocycles. The molecule has 0 aromatic heterocycles. The summed E-state index contributed by atoms with van der Waals surface area (Å²) >= 11 is 0. The summed E-state index contributed by atoms with van der Waals surface area (Å²) in [6.45, 7) is 2.00. The average Bonchev–Trinajstić information content (AvgIpc) is 2.54. The van der Waals surface area contributed by atoms with Crippen molar-refractivity contribution in [2.24, 2.45) is 5.10 Å². The van der Waals surface area contributed by atoms with Crippen molar-refractivity contribution in [1.82, 2.24) is 5.43 Å². The molecule has 1 N–H and O–H groups in total. The van der Waals surface area contributed by atoms with Crippen molar-refractivity contribution in [3.8, 4) is 11.5 Å². The van der Waals surface area contributed by atoms with Crippen molar-refractivity contribution < 1.29 is 14.3 Å². The molecule has 0 heterocycles. The Morgan fingerprint density at radius 2 is 1.77 bits per heavy atom. The second kappa shape index (κ2) is 7.26. The number of methoxy groups -OCH3 is 2. The molecule has 2 aromatic carbocycles. The van der Waals surface area contributed by atoms with Crippen LogP contribution in [-0.2, 0) is 0 Å². The Morgan fingerprint density at radius 1 is 1.09 bits per heavy atom. The number of hydrogen-bond acceptors (Lipinski definition) is 4. The van der Waals surface area contributed by atoms with E-state index >= 15 is 0 Å². The van der Waals surface area contributed by atoms with Crippen molar-refractivity contribution >= 4 is 12.1 Å². The van der Waals surface area contributed by atoms with Gasteiger partial charge in [-0.1, -0.05) is 29.8 Å². The molecular formula is C17H18N2O3. The van der Waals surface area contributed by atoms with Crippen LogP contribution in [-0.4, -0.2) is 26.3 Å². The molecule has 1 amide bonds. The molecule has 0 atom stereocenters. The van der Waals surface area contributed by atoms with Gasteiger partial charge in [0.2, 0.25) is 0 Å². The molecule has 0 radical (unpaired) electrons. The highest BCUT2D eigenvalue weighted by molar-refractivity contribution is 5.95. The van der Waals surface area contributed by atoms with Gasteiger partial charge in [0.15, 0.2) is 0 Å². The highest BCUT2D eigenvalue weighted by atomic mass is 16.5. The number of benzene rings is 2. The normalized spacial score (nSPS) is 10.5. The predicted octanol–water partition coefficient (Wildman–Crippen LogP) is 2.78. The number of carbonyl (C=O) groups is 1. The van der Waals surface area contributed by atoms with Crippen LogP contribution in [0, 0.1) is 6.92 Å². The summed E-state index contributed by atoms with van der Waals surface area (Å²) in [6, 6.07) is 12.8. The summed E-state index contributed by atoms with van der Waals surface area (Å²) in [6.07, 6.45) is 1.60. The first kappa shape index (κ1) is 15.6. The largest absolute Gasteiger partial charge is 0.497 e. The zero-order valence-electron chi connectivity index (χ0n) is 12.8. The Bertz CT molecular complexity index is 674. The Balaban J connectivity index is 2.09. The lowest BCUT2D eigenvalue weighted by Gasteiger charge is -2.07. The third kappa shape index (κ3) is 4.09. The maximum absolute atomic E-state index is 12.1. The molecular weight excluding hydrogens is 280 g/mol. The van der Waals surface area contributed by atoms with Gasteiger partial charge in [-0.25, -0.2) is 5.43 Å². The summed E-state index contributed by atoms with van der Waals surface area (Å²) in [5.74, 6) is 0.764. The predicted molar refractivity (Wildman–Crippen MR) is 85.8 cm³/mol. The van der Waals surface area contributed by atoms with Gasteiger partial charge in [-0.15, -0.1) is 0 Å². The van der Waals surface area contributed by atoms with Gasteiger partial charge in [0.1, 0.15) is 11.5 Å².